The van der Waals surface area contributed by atoms with Crippen molar-refractivity contribution < 1.29 is 19.0 Å². The molecule has 2 heterocycles. The van der Waals surface area contributed by atoms with Crippen LogP contribution in [0.4, 0.5) is 4.79 Å². The SMILES string of the molecule is CC(C)(C)OC(=O)N(N)[C@H]1CCOC1.Cl.NN[C@H]1CCOC1. The largest absolute Gasteiger partial charge is 0.443 e. The number of amides is 1. The number of halogens is 1. The summed E-state index contributed by atoms with van der Waals surface area (Å²) >= 11 is 0. The summed E-state index contributed by atoms with van der Waals surface area (Å²) in [7, 11) is 0. The molecule has 2 atom stereocenters. The van der Waals surface area contributed by atoms with Gasteiger partial charge in [0.05, 0.1) is 19.3 Å². The lowest BCUT2D eigenvalue weighted by molar-refractivity contribution is 0.0144. The van der Waals surface area contributed by atoms with Crippen LogP contribution in [0.1, 0.15) is 33.6 Å². The number of hydrogen-bond acceptors (Lipinski definition) is 7. The van der Waals surface area contributed by atoms with Crippen LogP contribution in [0.2, 0.25) is 0 Å². The Bertz CT molecular complexity index is 316. The number of carbonyl (C=O) groups excluding carboxylic acids is 1. The Kier molecular flexibility index (Phi) is 9.90. The summed E-state index contributed by atoms with van der Waals surface area (Å²) in [6.45, 7) is 8.21. The molecule has 1 amide bonds. The van der Waals surface area contributed by atoms with Gasteiger partial charge in [0.25, 0.3) is 0 Å². The molecule has 8 nitrogen and oxygen atoms in total. The Morgan fingerprint density at radius 3 is 2.18 bits per heavy atom. The van der Waals surface area contributed by atoms with E-state index < -0.39 is 11.7 Å². The van der Waals surface area contributed by atoms with Crippen LogP contribution in [0.5, 0.6) is 0 Å². The molecule has 0 aliphatic carbocycles. The van der Waals surface area contributed by atoms with Gasteiger partial charge in [0.2, 0.25) is 0 Å². The van der Waals surface area contributed by atoms with Gasteiger partial charge in [-0.05, 0) is 33.6 Å². The zero-order chi connectivity index (χ0) is 15.9. The summed E-state index contributed by atoms with van der Waals surface area (Å²) in [6, 6.07) is 0.352. The fourth-order valence-corrected chi connectivity index (χ4v) is 1.87. The van der Waals surface area contributed by atoms with E-state index in [-0.39, 0.29) is 18.4 Å². The minimum atomic E-state index is -0.506. The van der Waals surface area contributed by atoms with Crippen LogP contribution in [0.15, 0.2) is 0 Å². The summed E-state index contributed by atoms with van der Waals surface area (Å²) in [5, 5.41) is 1.12. The van der Waals surface area contributed by atoms with Crippen LogP contribution >= 0.6 is 12.4 Å². The van der Waals surface area contributed by atoms with Crippen molar-refractivity contribution in [3.63, 3.8) is 0 Å². The van der Waals surface area contributed by atoms with Crippen LogP contribution in [0.25, 0.3) is 0 Å². The highest BCUT2D eigenvalue weighted by molar-refractivity contribution is 5.85. The molecule has 0 spiro atoms. The average molecular weight is 341 g/mol. The molecule has 0 aromatic rings. The Labute approximate surface area is 138 Å². The number of carbonyl (C=O) groups is 1. The molecule has 2 saturated heterocycles. The number of nitrogens with one attached hydrogen (secondary N) is 1. The fourth-order valence-electron chi connectivity index (χ4n) is 1.87. The van der Waals surface area contributed by atoms with Gasteiger partial charge in [-0.25, -0.2) is 15.6 Å². The predicted molar refractivity (Wildman–Crippen MR) is 85.3 cm³/mol. The smallest absolute Gasteiger partial charge is 0.424 e. The van der Waals surface area contributed by atoms with Crippen molar-refractivity contribution in [1.82, 2.24) is 10.4 Å². The lowest BCUT2D eigenvalue weighted by Crippen LogP contribution is -2.48. The summed E-state index contributed by atoms with van der Waals surface area (Å²) in [4.78, 5) is 11.5. The van der Waals surface area contributed by atoms with Crippen molar-refractivity contribution in [1.29, 1.82) is 0 Å². The molecular weight excluding hydrogens is 312 g/mol. The fraction of sp³-hybridized carbons (Fsp3) is 0.923. The first-order valence-electron chi connectivity index (χ1n) is 7.22. The van der Waals surface area contributed by atoms with Gasteiger partial charge in [-0.15, -0.1) is 12.4 Å². The maximum atomic E-state index is 11.5. The van der Waals surface area contributed by atoms with E-state index in [0.717, 1.165) is 31.1 Å². The Hall–Kier alpha value is -0.640. The van der Waals surface area contributed by atoms with E-state index in [4.69, 9.17) is 25.9 Å². The molecule has 132 valence electrons. The van der Waals surface area contributed by atoms with Crippen LogP contribution in [-0.4, -0.2) is 55.2 Å². The normalized spacial score (nSPS) is 24.0. The van der Waals surface area contributed by atoms with Crippen LogP contribution < -0.4 is 17.1 Å². The quantitative estimate of drug-likeness (QED) is 0.382. The van der Waals surface area contributed by atoms with Gasteiger partial charge in [-0.3, -0.25) is 11.3 Å². The van der Waals surface area contributed by atoms with Crippen molar-refractivity contribution >= 4 is 18.5 Å². The van der Waals surface area contributed by atoms with Gasteiger partial charge in [0, 0.05) is 19.3 Å². The van der Waals surface area contributed by atoms with Gasteiger partial charge in [0.15, 0.2) is 0 Å². The Morgan fingerprint density at radius 1 is 1.23 bits per heavy atom. The zero-order valence-corrected chi connectivity index (χ0v) is 14.4. The minimum Gasteiger partial charge on any atom is -0.443 e. The number of rotatable bonds is 2. The Morgan fingerprint density at radius 2 is 1.82 bits per heavy atom. The van der Waals surface area contributed by atoms with Gasteiger partial charge >= 0.3 is 6.09 Å². The highest BCUT2D eigenvalue weighted by atomic mass is 35.5. The van der Waals surface area contributed by atoms with Crippen molar-refractivity contribution in [2.24, 2.45) is 11.7 Å². The monoisotopic (exact) mass is 340 g/mol. The highest BCUT2D eigenvalue weighted by Gasteiger charge is 2.28. The lowest BCUT2D eigenvalue weighted by Gasteiger charge is -2.27. The topological polar surface area (TPSA) is 112 Å². The van der Waals surface area contributed by atoms with Gasteiger partial charge in [-0.1, -0.05) is 0 Å². The molecule has 0 aromatic heterocycles. The molecule has 0 aromatic carbocycles. The van der Waals surface area contributed by atoms with Crippen molar-refractivity contribution in [3.8, 4) is 0 Å². The highest BCUT2D eigenvalue weighted by Crippen LogP contribution is 2.13. The Balaban J connectivity index is 0.000000465. The standard InChI is InChI=1S/C9H18N2O3.C4H10N2O.ClH/c1-9(2,3)14-8(12)11(10)7-4-5-13-6-7;5-6-4-1-2-7-3-4;/h7H,4-6,10H2,1-3H3;4,6H,1-3,5H2;1H/t7-;4-;/m00./s1. The first-order chi connectivity index (χ1) is 9.83. The number of nitrogens with two attached hydrogens (primary N) is 2. The molecule has 0 radical (unpaired) electrons. The molecule has 22 heavy (non-hydrogen) atoms. The van der Waals surface area contributed by atoms with Crippen molar-refractivity contribution in [2.45, 2.75) is 51.3 Å². The molecule has 5 N–H and O–H groups in total. The maximum absolute atomic E-state index is 11.5. The molecule has 9 heteroatoms. The third kappa shape index (κ3) is 8.11. The molecule has 0 unspecified atom stereocenters. The first kappa shape index (κ1) is 21.4. The van der Waals surface area contributed by atoms with Gasteiger partial charge in [-0.2, -0.15) is 0 Å². The predicted octanol–water partition coefficient (Wildman–Crippen LogP) is 0.547. The van der Waals surface area contributed by atoms with Crippen LogP contribution in [-0.2, 0) is 14.2 Å². The number of hydrogen-bond donors (Lipinski definition) is 3. The zero-order valence-electron chi connectivity index (χ0n) is 13.5. The van der Waals surface area contributed by atoms with E-state index >= 15 is 0 Å². The van der Waals surface area contributed by atoms with Gasteiger partial charge < -0.3 is 14.2 Å². The second kappa shape index (κ2) is 10.2. The first-order valence-corrected chi connectivity index (χ1v) is 7.22. The lowest BCUT2D eigenvalue weighted by atomic mass is 10.2. The molecular formula is C13H29ClN4O4. The summed E-state index contributed by atoms with van der Waals surface area (Å²) in [6.07, 6.45) is 1.33. The number of nitrogens with zero attached hydrogens (tertiary/aromatic N) is 1. The third-order valence-corrected chi connectivity index (χ3v) is 3.07. The second-order valence-corrected chi connectivity index (χ2v) is 6.13. The summed E-state index contributed by atoms with van der Waals surface area (Å²) in [5.41, 5.74) is 2.13. The molecule has 2 fully saturated rings. The van der Waals surface area contributed by atoms with Crippen LogP contribution in [0.3, 0.4) is 0 Å². The van der Waals surface area contributed by atoms with E-state index in [0.29, 0.717) is 19.3 Å². The van der Waals surface area contributed by atoms with Crippen molar-refractivity contribution in [3.05, 3.63) is 0 Å². The van der Waals surface area contributed by atoms with E-state index in [2.05, 4.69) is 5.43 Å². The van der Waals surface area contributed by atoms with Crippen LogP contribution in [0, 0.1) is 0 Å². The second-order valence-electron chi connectivity index (χ2n) is 6.13. The molecule has 2 rings (SSSR count). The number of hydrazine groups is 2. The molecule has 2 aliphatic rings. The third-order valence-electron chi connectivity index (χ3n) is 3.07. The molecule has 0 bridgehead atoms. The summed E-state index contributed by atoms with van der Waals surface area (Å²) < 4.78 is 15.3. The maximum Gasteiger partial charge on any atom is 0.424 e. The van der Waals surface area contributed by atoms with E-state index in [1.54, 1.807) is 0 Å². The number of ether oxygens (including phenoxy) is 3. The minimum absolute atomic E-state index is 0. The molecule has 2 aliphatic heterocycles. The van der Waals surface area contributed by atoms with E-state index in [1.165, 1.54) is 0 Å². The average Bonchev–Trinajstić information content (AvgIpc) is 3.09. The summed E-state index contributed by atoms with van der Waals surface area (Å²) in [5.74, 6) is 10.7. The van der Waals surface area contributed by atoms with Gasteiger partial charge in [0.1, 0.15) is 5.60 Å². The van der Waals surface area contributed by atoms with E-state index in [9.17, 15) is 4.79 Å². The van der Waals surface area contributed by atoms with Crippen molar-refractivity contribution in [2.75, 3.05) is 26.4 Å². The van der Waals surface area contributed by atoms with E-state index in [1.807, 2.05) is 20.8 Å². The molecule has 0 saturated carbocycles.